The van der Waals surface area contributed by atoms with E-state index >= 15 is 0 Å². The molecule has 1 aromatic heterocycles. The van der Waals surface area contributed by atoms with Gasteiger partial charge in [0.05, 0.1) is 18.8 Å². The maximum absolute atomic E-state index is 12.8. The van der Waals surface area contributed by atoms with E-state index in [-0.39, 0.29) is 24.2 Å². The molecule has 1 saturated carbocycles. The zero-order valence-electron chi connectivity index (χ0n) is 13.0. The fourth-order valence-corrected chi connectivity index (χ4v) is 3.56. The lowest BCUT2D eigenvalue weighted by molar-refractivity contribution is -0.0782. The van der Waals surface area contributed by atoms with Gasteiger partial charge in [0.2, 0.25) is 0 Å². The molecule has 0 aromatic carbocycles. The van der Waals surface area contributed by atoms with Crippen LogP contribution >= 0.6 is 0 Å². The topological polar surface area (TPSA) is 51.9 Å². The highest BCUT2D eigenvalue weighted by Crippen LogP contribution is 2.35. The number of fused-ring (bicyclic) bond motifs is 1. The summed E-state index contributed by atoms with van der Waals surface area (Å²) in [7, 11) is 0. The predicted octanol–water partition coefficient (Wildman–Crippen LogP) is 2.39. The number of likely N-dealkylation sites (tertiary alicyclic amines) is 1. The molecule has 3 aliphatic rings. The summed E-state index contributed by atoms with van der Waals surface area (Å²) in [4.78, 5) is 14.7. The van der Waals surface area contributed by atoms with E-state index < -0.39 is 0 Å². The van der Waals surface area contributed by atoms with Crippen LogP contribution in [0.4, 0.5) is 0 Å². The van der Waals surface area contributed by atoms with Crippen LogP contribution in [0.2, 0.25) is 0 Å². The highest BCUT2D eigenvalue weighted by molar-refractivity contribution is 5.93. The van der Waals surface area contributed by atoms with Gasteiger partial charge in [0, 0.05) is 18.8 Å². The average Bonchev–Trinajstić information content (AvgIpc) is 3.15. The minimum absolute atomic E-state index is 0.00474. The molecule has 0 N–H and O–H groups in total. The smallest absolute Gasteiger partial charge is 0.290 e. The molecule has 0 unspecified atom stereocenters. The van der Waals surface area contributed by atoms with E-state index in [2.05, 4.69) is 0 Å². The number of rotatable bonds is 4. The number of amides is 1. The van der Waals surface area contributed by atoms with Gasteiger partial charge in [-0.15, -0.1) is 0 Å². The Balaban J connectivity index is 1.51. The number of hydrogen-bond donors (Lipinski definition) is 0. The molecule has 0 spiro atoms. The van der Waals surface area contributed by atoms with Gasteiger partial charge >= 0.3 is 0 Å². The zero-order valence-corrected chi connectivity index (χ0v) is 13.0. The molecule has 4 rings (SSSR count). The van der Waals surface area contributed by atoms with Gasteiger partial charge < -0.3 is 18.8 Å². The summed E-state index contributed by atoms with van der Waals surface area (Å²) < 4.78 is 17.4. The van der Waals surface area contributed by atoms with Crippen molar-refractivity contribution in [3.8, 4) is 0 Å². The Morgan fingerprint density at radius 3 is 3.00 bits per heavy atom. The summed E-state index contributed by atoms with van der Waals surface area (Å²) >= 11 is 0. The fourth-order valence-electron chi connectivity index (χ4n) is 3.56. The van der Waals surface area contributed by atoms with Crippen molar-refractivity contribution < 1.29 is 18.7 Å². The van der Waals surface area contributed by atoms with Crippen molar-refractivity contribution in [1.82, 2.24) is 4.90 Å². The van der Waals surface area contributed by atoms with Crippen molar-refractivity contribution >= 4 is 5.91 Å². The first kappa shape index (κ1) is 14.3. The van der Waals surface area contributed by atoms with Crippen molar-refractivity contribution in [3.63, 3.8) is 0 Å². The zero-order chi connectivity index (χ0) is 15.1. The first-order chi connectivity index (χ1) is 10.7. The van der Waals surface area contributed by atoms with E-state index in [0.29, 0.717) is 12.3 Å². The number of ether oxygens (including phenoxy) is 2. The van der Waals surface area contributed by atoms with Crippen LogP contribution in [0.1, 0.15) is 41.8 Å². The lowest BCUT2D eigenvalue weighted by atomic mass is 10.0. The van der Waals surface area contributed by atoms with E-state index in [1.54, 1.807) is 6.26 Å². The van der Waals surface area contributed by atoms with Gasteiger partial charge in [-0.1, -0.05) is 0 Å². The third-order valence-corrected chi connectivity index (χ3v) is 5.04. The number of nitrogens with zero attached hydrogens (tertiary/aromatic N) is 1. The lowest BCUT2D eigenvalue weighted by Gasteiger charge is -2.31. The Kier molecular flexibility index (Phi) is 3.70. The number of carbonyl (C=O) groups is 1. The third kappa shape index (κ3) is 2.57. The molecule has 5 heteroatoms. The van der Waals surface area contributed by atoms with E-state index in [9.17, 15) is 4.79 Å². The maximum atomic E-state index is 12.8. The fraction of sp³-hybridized carbons (Fsp3) is 0.706. The highest BCUT2D eigenvalue weighted by Gasteiger charge is 2.47. The van der Waals surface area contributed by atoms with Crippen molar-refractivity contribution in [1.29, 1.82) is 0 Å². The van der Waals surface area contributed by atoms with Gasteiger partial charge in [-0.2, -0.15) is 0 Å². The molecule has 3 fully saturated rings. The highest BCUT2D eigenvalue weighted by atomic mass is 16.5. The van der Waals surface area contributed by atoms with Gasteiger partial charge in [-0.05, 0) is 44.6 Å². The molecule has 3 heterocycles. The molecule has 5 nitrogen and oxygen atoms in total. The van der Waals surface area contributed by atoms with E-state index in [1.165, 1.54) is 12.8 Å². The summed E-state index contributed by atoms with van der Waals surface area (Å²) in [6.07, 6.45) is 6.13. The summed E-state index contributed by atoms with van der Waals surface area (Å²) in [6.45, 7) is 4.09. The molecule has 2 aliphatic heterocycles. The second kappa shape index (κ2) is 5.70. The minimum Gasteiger partial charge on any atom is -0.459 e. The Morgan fingerprint density at radius 1 is 1.41 bits per heavy atom. The van der Waals surface area contributed by atoms with Crippen LogP contribution in [0.25, 0.3) is 0 Å². The second-order valence-corrected chi connectivity index (χ2v) is 6.75. The molecule has 3 atom stereocenters. The van der Waals surface area contributed by atoms with Crippen LogP contribution in [0, 0.1) is 12.8 Å². The molecule has 1 aromatic rings. The largest absolute Gasteiger partial charge is 0.459 e. The van der Waals surface area contributed by atoms with Gasteiger partial charge in [0.25, 0.3) is 5.91 Å². The molecule has 22 heavy (non-hydrogen) atoms. The van der Waals surface area contributed by atoms with Gasteiger partial charge in [-0.25, -0.2) is 0 Å². The first-order valence-corrected chi connectivity index (χ1v) is 8.32. The standard InChI is InChI=1S/C17H23NO4/c1-11-6-8-21-15(11)17(19)18-9-14(22-10-12-4-5-12)16-13(18)3-2-7-20-16/h6,8,12-14,16H,2-5,7,9-10H2,1H3/t13-,14+,16+/m0/s1. The second-order valence-electron chi connectivity index (χ2n) is 6.75. The molecule has 120 valence electrons. The van der Waals surface area contributed by atoms with Crippen LogP contribution < -0.4 is 0 Å². The van der Waals surface area contributed by atoms with Crippen LogP contribution in [-0.2, 0) is 9.47 Å². The summed E-state index contributed by atoms with van der Waals surface area (Å²) in [5, 5.41) is 0. The van der Waals surface area contributed by atoms with Crippen LogP contribution in [0.3, 0.4) is 0 Å². The molecule has 0 bridgehead atoms. The maximum Gasteiger partial charge on any atom is 0.290 e. The number of furan rings is 1. The molecular formula is C17H23NO4. The normalized spacial score (nSPS) is 31.3. The summed E-state index contributed by atoms with van der Waals surface area (Å²) in [6, 6.07) is 1.95. The SMILES string of the molecule is Cc1ccoc1C(=O)N1C[C@@H](OCC2CC2)[C@@H]2OCCC[C@@H]21. The van der Waals surface area contributed by atoms with E-state index in [1.807, 2.05) is 17.9 Å². The Morgan fingerprint density at radius 2 is 2.27 bits per heavy atom. The van der Waals surface area contributed by atoms with Crippen LogP contribution in [0.5, 0.6) is 0 Å². The molecule has 1 aliphatic carbocycles. The van der Waals surface area contributed by atoms with Crippen molar-refractivity contribution in [2.75, 3.05) is 19.8 Å². The van der Waals surface area contributed by atoms with Gasteiger partial charge in [0.15, 0.2) is 5.76 Å². The Bertz CT molecular complexity index is 551. The monoisotopic (exact) mass is 305 g/mol. The van der Waals surface area contributed by atoms with Crippen molar-refractivity contribution in [2.24, 2.45) is 5.92 Å². The lowest BCUT2D eigenvalue weighted by Crippen LogP contribution is -2.44. The Labute approximate surface area is 130 Å². The predicted molar refractivity (Wildman–Crippen MR) is 79.7 cm³/mol. The quantitative estimate of drug-likeness (QED) is 0.857. The molecular weight excluding hydrogens is 282 g/mol. The first-order valence-electron chi connectivity index (χ1n) is 8.32. The minimum atomic E-state index is -0.0273. The van der Waals surface area contributed by atoms with Crippen molar-refractivity contribution in [2.45, 2.75) is 50.9 Å². The summed E-state index contributed by atoms with van der Waals surface area (Å²) in [5.41, 5.74) is 0.889. The molecule has 0 radical (unpaired) electrons. The number of aryl methyl sites for hydroxylation is 1. The van der Waals surface area contributed by atoms with E-state index in [4.69, 9.17) is 13.9 Å². The summed E-state index contributed by atoms with van der Waals surface area (Å²) in [5.74, 6) is 1.15. The van der Waals surface area contributed by atoms with E-state index in [0.717, 1.165) is 37.5 Å². The number of carbonyl (C=O) groups excluding carboxylic acids is 1. The third-order valence-electron chi connectivity index (χ3n) is 5.04. The molecule has 1 amide bonds. The Hall–Kier alpha value is -1.33. The van der Waals surface area contributed by atoms with Gasteiger partial charge in [0.1, 0.15) is 12.2 Å². The van der Waals surface area contributed by atoms with Gasteiger partial charge in [-0.3, -0.25) is 4.79 Å². The molecule has 2 saturated heterocycles. The van der Waals surface area contributed by atoms with Crippen molar-refractivity contribution in [3.05, 3.63) is 23.7 Å². The van der Waals surface area contributed by atoms with Crippen LogP contribution in [0.15, 0.2) is 16.7 Å². The number of hydrogen-bond acceptors (Lipinski definition) is 4. The average molecular weight is 305 g/mol. The van der Waals surface area contributed by atoms with Crippen LogP contribution in [-0.4, -0.2) is 48.8 Å².